The molecule has 0 amide bonds. The van der Waals surface area contributed by atoms with Crippen LogP contribution >= 0.6 is 0 Å². The molecule has 0 aromatic carbocycles. The minimum atomic E-state index is -0.356. The van der Waals surface area contributed by atoms with Gasteiger partial charge in [0.15, 0.2) is 0 Å². The van der Waals surface area contributed by atoms with Crippen molar-refractivity contribution in [2.75, 3.05) is 13.2 Å². The van der Waals surface area contributed by atoms with Gasteiger partial charge >= 0.3 is 0 Å². The van der Waals surface area contributed by atoms with E-state index in [0.29, 0.717) is 6.54 Å². The second-order valence-corrected chi connectivity index (χ2v) is 3.27. The highest BCUT2D eigenvalue weighted by Crippen LogP contribution is 1.98. The highest BCUT2D eigenvalue weighted by molar-refractivity contribution is 4.76. The van der Waals surface area contributed by atoms with Crippen molar-refractivity contribution in [3.63, 3.8) is 0 Å². The van der Waals surface area contributed by atoms with Gasteiger partial charge in [0.05, 0.1) is 12.7 Å². The van der Waals surface area contributed by atoms with Crippen LogP contribution < -0.4 is 5.32 Å². The Balaban J connectivity index is 3.46. The van der Waals surface area contributed by atoms with Gasteiger partial charge in [0.1, 0.15) is 0 Å². The quantitative estimate of drug-likeness (QED) is 0.513. The average molecular weight is 147 g/mol. The first-order chi connectivity index (χ1) is 4.48. The summed E-state index contributed by atoms with van der Waals surface area (Å²) in [5.41, 5.74) is -0.281. The molecule has 0 bridgehead atoms. The molecule has 0 radical (unpaired) electrons. The molecule has 0 aromatic rings. The Morgan fingerprint density at radius 2 is 2.00 bits per heavy atom. The van der Waals surface area contributed by atoms with Gasteiger partial charge in [0.25, 0.3) is 0 Å². The lowest BCUT2D eigenvalue weighted by atomic mass is 10.1. The molecule has 0 heterocycles. The molecule has 3 N–H and O–H groups in total. The Kier molecular flexibility index (Phi) is 3.86. The summed E-state index contributed by atoms with van der Waals surface area (Å²) in [5.74, 6) is 0. The molecule has 1 atom stereocenters. The normalized spacial score (nSPS) is 15.3. The van der Waals surface area contributed by atoms with E-state index >= 15 is 0 Å². The molecule has 0 spiro atoms. The fourth-order valence-corrected chi connectivity index (χ4v) is 0.480. The molecule has 0 aliphatic carbocycles. The van der Waals surface area contributed by atoms with Crippen LogP contribution in [0.15, 0.2) is 0 Å². The van der Waals surface area contributed by atoms with Crippen molar-refractivity contribution >= 4 is 0 Å². The summed E-state index contributed by atoms with van der Waals surface area (Å²) in [6, 6.07) is 0. The van der Waals surface area contributed by atoms with Crippen molar-refractivity contribution in [2.24, 2.45) is 0 Å². The van der Waals surface area contributed by atoms with Crippen molar-refractivity contribution in [1.82, 2.24) is 5.32 Å². The standard InChI is InChI=1S/C7H17NO2/c1-6(10)4-8-7(2,3)5-9/h6,8-10H,4-5H2,1-3H3. The predicted octanol–water partition coefficient (Wildman–Crippen LogP) is -0.272. The minimum absolute atomic E-state index is 0.0831. The van der Waals surface area contributed by atoms with Crippen LogP contribution in [-0.2, 0) is 0 Å². The number of hydrogen-bond acceptors (Lipinski definition) is 3. The molecule has 3 nitrogen and oxygen atoms in total. The monoisotopic (exact) mass is 147 g/mol. The van der Waals surface area contributed by atoms with Gasteiger partial charge in [-0.25, -0.2) is 0 Å². The first-order valence-corrected chi connectivity index (χ1v) is 3.52. The van der Waals surface area contributed by atoms with Crippen LogP contribution in [0.1, 0.15) is 20.8 Å². The van der Waals surface area contributed by atoms with Gasteiger partial charge in [-0.05, 0) is 20.8 Å². The summed E-state index contributed by atoms with van der Waals surface area (Å²) in [6.07, 6.45) is -0.356. The summed E-state index contributed by atoms with van der Waals surface area (Å²) in [6.45, 7) is 6.08. The van der Waals surface area contributed by atoms with Crippen molar-refractivity contribution in [2.45, 2.75) is 32.4 Å². The molecule has 1 unspecified atom stereocenters. The number of rotatable bonds is 4. The van der Waals surface area contributed by atoms with E-state index in [1.165, 1.54) is 0 Å². The van der Waals surface area contributed by atoms with Crippen LogP contribution in [0, 0.1) is 0 Å². The molecule has 3 heteroatoms. The highest BCUT2D eigenvalue weighted by atomic mass is 16.3. The first kappa shape index (κ1) is 9.88. The summed E-state index contributed by atoms with van der Waals surface area (Å²) in [4.78, 5) is 0. The zero-order valence-corrected chi connectivity index (χ0v) is 6.89. The zero-order chi connectivity index (χ0) is 8.20. The van der Waals surface area contributed by atoms with Crippen LogP contribution in [-0.4, -0.2) is 35.0 Å². The second kappa shape index (κ2) is 3.91. The Labute approximate surface area is 62.1 Å². The van der Waals surface area contributed by atoms with E-state index in [0.717, 1.165) is 0 Å². The van der Waals surface area contributed by atoms with Gasteiger partial charge in [-0.1, -0.05) is 0 Å². The maximum Gasteiger partial charge on any atom is 0.0636 e. The maximum atomic E-state index is 8.87. The topological polar surface area (TPSA) is 52.5 Å². The van der Waals surface area contributed by atoms with Crippen LogP contribution in [0.25, 0.3) is 0 Å². The van der Waals surface area contributed by atoms with Gasteiger partial charge in [-0.15, -0.1) is 0 Å². The molecule has 0 aromatic heterocycles. The fourth-order valence-electron chi connectivity index (χ4n) is 0.480. The highest BCUT2D eigenvalue weighted by Gasteiger charge is 2.14. The predicted molar refractivity (Wildman–Crippen MR) is 40.8 cm³/mol. The third-order valence-electron chi connectivity index (χ3n) is 1.27. The van der Waals surface area contributed by atoms with Crippen molar-refractivity contribution in [3.05, 3.63) is 0 Å². The number of aliphatic hydroxyl groups is 2. The van der Waals surface area contributed by atoms with Crippen LogP contribution in [0.2, 0.25) is 0 Å². The number of β-amino-alcohol motifs (C(OH)–C–C–N with tert-alkyl or cyclic N) is 1. The molecule has 0 aliphatic heterocycles. The Hall–Kier alpha value is -0.120. The lowest BCUT2D eigenvalue weighted by Crippen LogP contribution is -2.45. The lowest BCUT2D eigenvalue weighted by Gasteiger charge is -2.24. The van der Waals surface area contributed by atoms with E-state index in [1.807, 2.05) is 13.8 Å². The molecule has 0 fully saturated rings. The Morgan fingerprint density at radius 3 is 2.30 bits per heavy atom. The summed E-state index contributed by atoms with van der Waals surface area (Å²) in [5, 5.41) is 20.6. The molecular formula is C7H17NO2. The number of nitrogens with one attached hydrogen (secondary N) is 1. The number of hydrogen-bond donors (Lipinski definition) is 3. The molecule has 0 saturated carbocycles. The van der Waals surface area contributed by atoms with Crippen LogP contribution in [0.4, 0.5) is 0 Å². The van der Waals surface area contributed by atoms with E-state index in [2.05, 4.69) is 5.32 Å². The van der Waals surface area contributed by atoms with Crippen molar-refractivity contribution < 1.29 is 10.2 Å². The van der Waals surface area contributed by atoms with Crippen molar-refractivity contribution in [1.29, 1.82) is 0 Å². The summed E-state index contributed by atoms with van der Waals surface area (Å²) in [7, 11) is 0. The second-order valence-electron chi connectivity index (χ2n) is 3.27. The van der Waals surface area contributed by atoms with E-state index in [1.54, 1.807) is 6.92 Å². The maximum absolute atomic E-state index is 8.87. The molecule has 0 saturated heterocycles. The largest absolute Gasteiger partial charge is 0.394 e. The van der Waals surface area contributed by atoms with E-state index in [-0.39, 0.29) is 18.2 Å². The van der Waals surface area contributed by atoms with Crippen LogP contribution in [0.5, 0.6) is 0 Å². The van der Waals surface area contributed by atoms with Gasteiger partial charge in [0, 0.05) is 12.1 Å². The Morgan fingerprint density at radius 1 is 1.50 bits per heavy atom. The van der Waals surface area contributed by atoms with E-state index in [4.69, 9.17) is 10.2 Å². The zero-order valence-electron chi connectivity index (χ0n) is 6.89. The SMILES string of the molecule is CC(O)CNC(C)(C)CO. The third-order valence-corrected chi connectivity index (χ3v) is 1.27. The molecule has 0 rings (SSSR count). The summed E-state index contributed by atoms with van der Waals surface area (Å²) >= 11 is 0. The average Bonchev–Trinajstić information content (AvgIpc) is 1.85. The lowest BCUT2D eigenvalue weighted by molar-refractivity contribution is 0.146. The van der Waals surface area contributed by atoms with Gasteiger partial charge in [-0.3, -0.25) is 0 Å². The minimum Gasteiger partial charge on any atom is -0.394 e. The van der Waals surface area contributed by atoms with Gasteiger partial charge < -0.3 is 15.5 Å². The first-order valence-electron chi connectivity index (χ1n) is 3.52. The van der Waals surface area contributed by atoms with E-state index in [9.17, 15) is 0 Å². The van der Waals surface area contributed by atoms with Gasteiger partial charge in [0.2, 0.25) is 0 Å². The molecule has 0 aliphatic rings. The molecular weight excluding hydrogens is 130 g/mol. The number of aliphatic hydroxyl groups excluding tert-OH is 2. The van der Waals surface area contributed by atoms with Crippen molar-refractivity contribution in [3.8, 4) is 0 Å². The van der Waals surface area contributed by atoms with Gasteiger partial charge in [-0.2, -0.15) is 0 Å². The van der Waals surface area contributed by atoms with Crippen LogP contribution in [0.3, 0.4) is 0 Å². The molecule has 62 valence electrons. The summed E-state index contributed by atoms with van der Waals surface area (Å²) < 4.78 is 0. The fraction of sp³-hybridized carbons (Fsp3) is 1.00. The Bertz CT molecular complexity index is 91.6. The third kappa shape index (κ3) is 4.73. The van der Waals surface area contributed by atoms with E-state index < -0.39 is 0 Å². The smallest absolute Gasteiger partial charge is 0.0636 e. The molecule has 10 heavy (non-hydrogen) atoms.